The number of benzene rings is 1. The van der Waals surface area contributed by atoms with Crippen LogP contribution < -0.4 is 5.73 Å². The predicted molar refractivity (Wildman–Crippen MR) is 70.0 cm³/mol. The molecule has 0 saturated heterocycles. The number of nitrogens with zero attached hydrogens (tertiary/aromatic N) is 2. The van der Waals surface area contributed by atoms with Crippen LogP contribution in [0.15, 0.2) is 30.5 Å². The molecule has 1 aromatic heterocycles. The van der Waals surface area contributed by atoms with Gasteiger partial charge in [0.25, 0.3) is 0 Å². The van der Waals surface area contributed by atoms with Crippen LogP contribution in [0, 0.1) is 0 Å². The molecule has 3 N–H and O–H groups in total. The van der Waals surface area contributed by atoms with E-state index in [1.165, 1.54) is 17.7 Å². The van der Waals surface area contributed by atoms with E-state index in [0.717, 1.165) is 18.5 Å². The van der Waals surface area contributed by atoms with Crippen molar-refractivity contribution in [2.24, 2.45) is 5.73 Å². The molecule has 0 saturated carbocycles. The predicted octanol–water partition coefficient (Wildman–Crippen LogP) is 1.96. The zero-order valence-electron chi connectivity index (χ0n) is 10.2. The highest BCUT2D eigenvalue weighted by atomic mass is 16.3. The standard InChI is InChI=1S/C14H17N3O/c15-8-10-2-1-3-11-9-16-17(14(10)11)12-4-6-13(18)7-5-12/h4-7,9-10,18H,1-3,8,15H2. The number of hydrogen-bond donors (Lipinski definition) is 2. The Labute approximate surface area is 106 Å². The third kappa shape index (κ3) is 1.78. The number of rotatable bonds is 2. The summed E-state index contributed by atoms with van der Waals surface area (Å²) in [5.74, 6) is 0.667. The van der Waals surface area contributed by atoms with E-state index in [9.17, 15) is 5.11 Å². The van der Waals surface area contributed by atoms with Gasteiger partial charge in [-0.1, -0.05) is 0 Å². The zero-order valence-corrected chi connectivity index (χ0v) is 10.2. The second kappa shape index (κ2) is 4.46. The fourth-order valence-electron chi connectivity index (χ4n) is 2.72. The third-order valence-electron chi connectivity index (χ3n) is 3.65. The molecule has 1 heterocycles. The fourth-order valence-corrected chi connectivity index (χ4v) is 2.72. The zero-order chi connectivity index (χ0) is 12.5. The summed E-state index contributed by atoms with van der Waals surface area (Å²) in [5.41, 5.74) is 9.40. The summed E-state index contributed by atoms with van der Waals surface area (Å²) >= 11 is 0. The topological polar surface area (TPSA) is 64.1 Å². The summed E-state index contributed by atoms with van der Waals surface area (Å²) in [7, 11) is 0. The number of phenols is 1. The SMILES string of the molecule is NCC1CCCc2cnn(-c3ccc(O)cc3)c21. The van der Waals surface area contributed by atoms with Crippen molar-refractivity contribution in [2.45, 2.75) is 25.2 Å². The van der Waals surface area contributed by atoms with Gasteiger partial charge in [-0.2, -0.15) is 5.10 Å². The molecule has 0 radical (unpaired) electrons. The Hall–Kier alpha value is -1.81. The molecule has 2 aromatic rings. The quantitative estimate of drug-likeness (QED) is 0.847. The fraction of sp³-hybridized carbons (Fsp3) is 0.357. The molecule has 1 aliphatic carbocycles. The lowest BCUT2D eigenvalue weighted by atomic mass is 9.88. The number of nitrogens with two attached hydrogens (primary N) is 1. The van der Waals surface area contributed by atoms with Gasteiger partial charge in [-0.15, -0.1) is 0 Å². The lowest BCUT2D eigenvalue weighted by Crippen LogP contribution is -2.20. The number of aryl methyl sites for hydroxylation is 1. The molecular formula is C14H17N3O. The van der Waals surface area contributed by atoms with Gasteiger partial charge in [0.2, 0.25) is 0 Å². The molecular weight excluding hydrogens is 226 g/mol. The second-order valence-electron chi connectivity index (χ2n) is 4.81. The molecule has 1 aliphatic rings. The number of aromatic hydroxyl groups is 1. The summed E-state index contributed by atoms with van der Waals surface area (Å²) in [6, 6.07) is 7.13. The van der Waals surface area contributed by atoms with E-state index >= 15 is 0 Å². The maximum Gasteiger partial charge on any atom is 0.115 e. The van der Waals surface area contributed by atoms with E-state index in [4.69, 9.17) is 5.73 Å². The van der Waals surface area contributed by atoms with Crippen LogP contribution in [0.2, 0.25) is 0 Å². The van der Waals surface area contributed by atoms with Crippen molar-refractivity contribution in [1.82, 2.24) is 9.78 Å². The van der Waals surface area contributed by atoms with Crippen molar-refractivity contribution in [1.29, 1.82) is 0 Å². The van der Waals surface area contributed by atoms with Gasteiger partial charge in [-0.05, 0) is 49.1 Å². The molecule has 4 heteroatoms. The first kappa shape index (κ1) is 11.3. The molecule has 0 aliphatic heterocycles. The van der Waals surface area contributed by atoms with Crippen LogP contribution in [0.1, 0.15) is 30.0 Å². The van der Waals surface area contributed by atoms with Crippen molar-refractivity contribution >= 4 is 0 Å². The van der Waals surface area contributed by atoms with Crippen molar-refractivity contribution < 1.29 is 5.11 Å². The Balaban J connectivity index is 2.08. The first-order valence-electron chi connectivity index (χ1n) is 6.36. The number of fused-ring (bicyclic) bond motifs is 1. The van der Waals surface area contributed by atoms with Gasteiger partial charge in [0.15, 0.2) is 0 Å². The van der Waals surface area contributed by atoms with Gasteiger partial charge in [0.05, 0.1) is 17.6 Å². The molecule has 3 rings (SSSR count). The minimum atomic E-state index is 0.273. The van der Waals surface area contributed by atoms with Gasteiger partial charge < -0.3 is 10.8 Å². The lowest BCUT2D eigenvalue weighted by Gasteiger charge is -2.23. The average Bonchev–Trinajstić information content (AvgIpc) is 2.83. The normalized spacial score (nSPS) is 18.6. The smallest absolute Gasteiger partial charge is 0.115 e. The molecule has 4 nitrogen and oxygen atoms in total. The second-order valence-corrected chi connectivity index (χ2v) is 4.81. The Kier molecular flexibility index (Phi) is 2.80. The highest BCUT2D eigenvalue weighted by molar-refractivity contribution is 5.40. The van der Waals surface area contributed by atoms with Gasteiger partial charge in [-0.3, -0.25) is 0 Å². The van der Waals surface area contributed by atoms with Crippen molar-refractivity contribution in [3.8, 4) is 11.4 Å². The van der Waals surface area contributed by atoms with Crippen molar-refractivity contribution in [2.75, 3.05) is 6.54 Å². The summed E-state index contributed by atoms with van der Waals surface area (Å²) in [6.07, 6.45) is 5.36. The third-order valence-corrected chi connectivity index (χ3v) is 3.65. The highest BCUT2D eigenvalue weighted by Gasteiger charge is 2.24. The van der Waals surface area contributed by atoms with Crippen LogP contribution in [0.3, 0.4) is 0 Å². The van der Waals surface area contributed by atoms with Gasteiger partial charge in [0, 0.05) is 12.5 Å². The van der Waals surface area contributed by atoms with Crippen LogP contribution >= 0.6 is 0 Å². The maximum absolute atomic E-state index is 9.34. The van der Waals surface area contributed by atoms with Crippen LogP contribution in [0.4, 0.5) is 0 Å². The maximum atomic E-state index is 9.34. The monoisotopic (exact) mass is 243 g/mol. The Morgan fingerprint density at radius 1 is 1.33 bits per heavy atom. The highest BCUT2D eigenvalue weighted by Crippen LogP contribution is 2.32. The Bertz CT molecular complexity index is 545. The summed E-state index contributed by atoms with van der Waals surface area (Å²) in [4.78, 5) is 0. The Morgan fingerprint density at radius 3 is 2.83 bits per heavy atom. The van der Waals surface area contributed by atoms with Crippen molar-refractivity contribution in [3.05, 3.63) is 41.7 Å². The van der Waals surface area contributed by atoms with Gasteiger partial charge in [0.1, 0.15) is 5.75 Å². The van der Waals surface area contributed by atoms with Crippen LogP contribution in [0.25, 0.3) is 5.69 Å². The summed E-state index contributed by atoms with van der Waals surface area (Å²) in [5, 5.41) is 13.8. The van der Waals surface area contributed by atoms with Gasteiger partial charge in [-0.25, -0.2) is 4.68 Å². The molecule has 0 fully saturated rings. The van der Waals surface area contributed by atoms with E-state index < -0.39 is 0 Å². The molecule has 18 heavy (non-hydrogen) atoms. The van der Waals surface area contributed by atoms with Gasteiger partial charge >= 0.3 is 0 Å². The first-order chi connectivity index (χ1) is 8.79. The molecule has 94 valence electrons. The van der Waals surface area contributed by atoms with E-state index in [2.05, 4.69) is 5.10 Å². The molecule has 1 unspecified atom stereocenters. The largest absolute Gasteiger partial charge is 0.508 e. The molecule has 0 spiro atoms. The molecule has 0 bridgehead atoms. The van der Waals surface area contributed by atoms with Crippen LogP contribution in [0.5, 0.6) is 5.75 Å². The first-order valence-corrected chi connectivity index (χ1v) is 6.36. The van der Waals surface area contributed by atoms with E-state index in [0.29, 0.717) is 12.5 Å². The number of phenolic OH excluding ortho intramolecular Hbond substituents is 1. The number of hydrogen-bond acceptors (Lipinski definition) is 3. The molecule has 0 amide bonds. The van der Waals surface area contributed by atoms with E-state index in [1.54, 1.807) is 12.1 Å². The van der Waals surface area contributed by atoms with Crippen molar-refractivity contribution in [3.63, 3.8) is 0 Å². The minimum Gasteiger partial charge on any atom is -0.508 e. The lowest BCUT2D eigenvalue weighted by molar-refractivity contribution is 0.475. The summed E-state index contributed by atoms with van der Waals surface area (Å²) in [6.45, 7) is 0.663. The Morgan fingerprint density at radius 2 is 2.11 bits per heavy atom. The van der Waals surface area contributed by atoms with E-state index in [-0.39, 0.29) is 5.75 Å². The number of aromatic nitrogens is 2. The van der Waals surface area contributed by atoms with E-state index in [1.807, 2.05) is 23.0 Å². The molecule has 1 aromatic carbocycles. The summed E-state index contributed by atoms with van der Waals surface area (Å²) < 4.78 is 1.96. The van der Waals surface area contributed by atoms with Crippen LogP contribution in [-0.4, -0.2) is 21.4 Å². The minimum absolute atomic E-state index is 0.273. The molecule has 1 atom stereocenters. The average molecular weight is 243 g/mol. The van der Waals surface area contributed by atoms with Crippen LogP contribution in [-0.2, 0) is 6.42 Å².